The van der Waals surface area contributed by atoms with Crippen molar-refractivity contribution in [3.05, 3.63) is 68.1 Å². The first-order valence-corrected chi connectivity index (χ1v) is 12.6. The first-order valence-electron chi connectivity index (χ1n) is 9.11. The number of amidine groups is 2. The number of thioether (sulfide) groups is 2. The van der Waals surface area contributed by atoms with Crippen LogP contribution in [0.5, 0.6) is 0 Å². The number of nitrogens with one attached hydrogen (secondary N) is 2. The largest absolute Gasteiger partial charge is 0.361 e. The topological polar surface area (TPSA) is 48.8 Å². The monoisotopic (exact) mass is 530 g/mol. The molecule has 0 aliphatic carbocycles. The highest BCUT2D eigenvalue weighted by Crippen LogP contribution is 2.21. The van der Waals surface area contributed by atoms with Crippen LogP contribution in [0.4, 0.5) is 0 Å². The SMILES string of the molecule is Clc1ccc(Br)cc1CNC1=NCCS1.Clc1ccccc1CNC1=NCCS1. The Hall–Kier alpha value is -0.860. The van der Waals surface area contributed by atoms with Gasteiger partial charge in [0.05, 0.1) is 13.1 Å². The van der Waals surface area contributed by atoms with Crippen LogP contribution in [0.1, 0.15) is 11.1 Å². The molecule has 0 aromatic heterocycles. The number of nitrogens with zero attached hydrogens (tertiary/aromatic N) is 2. The Balaban J connectivity index is 0.000000166. The van der Waals surface area contributed by atoms with E-state index in [2.05, 4.69) is 36.5 Å². The first kappa shape index (κ1) is 22.8. The summed E-state index contributed by atoms with van der Waals surface area (Å²) in [5.41, 5.74) is 2.20. The summed E-state index contributed by atoms with van der Waals surface area (Å²) in [6.45, 7) is 3.32. The number of benzene rings is 2. The van der Waals surface area contributed by atoms with Crippen LogP contribution in [-0.2, 0) is 13.1 Å². The van der Waals surface area contributed by atoms with Crippen molar-refractivity contribution >= 4 is 73.0 Å². The number of halogens is 3. The van der Waals surface area contributed by atoms with Crippen LogP contribution >= 0.6 is 62.7 Å². The average molecular weight is 532 g/mol. The maximum absolute atomic E-state index is 6.07. The fraction of sp³-hybridized carbons (Fsp3) is 0.300. The van der Waals surface area contributed by atoms with Crippen LogP contribution in [0.25, 0.3) is 0 Å². The molecule has 0 atom stereocenters. The van der Waals surface area contributed by atoms with Gasteiger partial charge in [0.25, 0.3) is 0 Å². The smallest absolute Gasteiger partial charge is 0.156 e. The Morgan fingerprint density at radius 2 is 1.41 bits per heavy atom. The predicted octanol–water partition coefficient (Wildman–Crippen LogP) is 5.83. The van der Waals surface area contributed by atoms with Gasteiger partial charge in [0, 0.05) is 39.1 Å². The second-order valence-electron chi connectivity index (χ2n) is 6.10. The Labute approximate surface area is 198 Å². The molecule has 4 rings (SSSR count). The van der Waals surface area contributed by atoms with Crippen LogP contribution in [0.2, 0.25) is 10.0 Å². The molecule has 0 amide bonds. The van der Waals surface area contributed by atoms with Gasteiger partial charge in [-0.05, 0) is 35.4 Å². The molecule has 0 fully saturated rings. The summed E-state index contributed by atoms with van der Waals surface area (Å²) in [4.78, 5) is 8.62. The molecule has 2 aliphatic heterocycles. The summed E-state index contributed by atoms with van der Waals surface area (Å²) in [5, 5.41) is 10.2. The van der Waals surface area contributed by atoms with E-state index in [0.29, 0.717) is 0 Å². The third-order valence-electron chi connectivity index (χ3n) is 4.00. The molecule has 2 aliphatic rings. The number of hydrogen-bond acceptors (Lipinski definition) is 6. The highest BCUT2D eigenvalue weighted by molar-refractivity contribution is 9.10. The summed E-state index contributed by atoms with van der Waals surface area (Å²) >= 11 is 19.0. The van der Waals surface area contributed by atoms with Gasteiger partial charge in [-0.25, -0.2) is 0 Å². The molecule has 0 radical (unpaired) electrons. The minimum Gasteiger partial charge on any atom is -0.361 e. The molecule has 0 unspecified atom stereocenters. The molecule has 2 heterocycles. The van der Waals surface area contributed by atoms with Crippen LogP contribution in [-0.4, -0.2) is 34.9 Å². The average Bonchev–Trinajstić information content (AvgIpc) is 3.43. The van der Waals surface area contributed by atoms with Gasteiger partial charge in [-0.15, -0.1) is 0 Å². The number of aliphatic imine (C=N–C) groups is 2. The normalized spacial score (nSPS) is 15.3. The second-order valence-corrected chi connectivity index (χ2v) is 10.0. The van der Waals surface area contributed by atoms with Crippen molar-refractivity contribution < 1.29 is 0 Å². The van der Waals surface area contributed by atoms with E-state index in [0.717, 1.165) is 73.7 Å². The zero-order valence-corrected chi connectivity index (χ0v) is 20.4. The maximum Gasteiger partial charge on any atom is 0.156 e. The summed E-state index contributed by atoms with van der Waals surface area (Å²) < 4.78 is 1.05. The Morgan fingerprint density at radius 1 is 0.828 bits per heavy atom. The van der Waals surface area contributed by atoms with Crippen molar-refractivity contribution in [2.45, 2.75) is 13.1 Å². The lowest BCUT2D eigenvalue weighted by Crippen LogP contribution is -2.18. The fourth-order valence-corrected chi connectivity index (χ4v) is 4.81. The molecule has 4 nitrogen and oxygen atoms in total. The van der Waals surface area contributed by atoms with Crippen LogP contribution < -0.4 is 10.6 Å². The summed E-state index contributed by atoms with van der Waals surface area (Å²) in [6, 6.07) is 13.7. The van der Waals surface area contributed by atoms with Gasteiger partial charge in [-0.1, -0.05) is 80.9 Å². The van der Waals surface area contributed by atoms with E-state index >= 15 is 0 Å². The second kappa shape index (κ2) is 12.1. The van der Waals surface area contributed by atoms with Crippen molar-refractivity contribution in [3.8, 4) is 0 Å². The van der Waals surface area contributed by atoms with Crippen molar-refractivity contribution in [1.82, 2.24) is 10.6 Å². The van der Waals surface area contributed by atoms with Crippen molar-refractivity contribution in [2.75, 3.05) is 24.6 Å². The maximum atomic E-state index is 6.07. The van der Waals surface area contributed by atoms with Crippen LogP contribution in [0.15, 0.2) is 56.9 Å². The van der Waals surface area contributed by atoms with E-state index in [1.807, 2.05) is 42.5 Å². The lowest BCUT2D eigenvalue weighted by molar-refractivity contribution is 0.922. The molecule has 2 aromatic carbocycles. The van der Waals surface area contributed by atoms with Crippen molar-refractivity contribution in [1.29, 1.82) is 0 Å². The predicted molar refractivity (Wildman–Crippen MR) is 134 cm³/mol. The molecule has 0 saturated heterocycles. The van der Waals surface area contributed by atoms with E-state index in [1.165, 1.54) is 0 Å². The Kier molecular flexibility index (Phi) is 9.52. The molecule has 0 spiro atoms. The van der Waals surface area contributed by atoms with Gasteiger partial charge in [0.1, 0.15) is 0 Å². The van der Waals surface area contributed by atoms with E-state index in [4.69, 9.17) is 23.2 Å². The Bertz CT molecular complexity index is 893. The minimum absolute atomic E-state index is 0.726. The summed E-state index contributed by atoms with van der Waals surface area (Å²) in [7, 11) is 0. The molecule has 2 N–H and O–H groups in total. The quantitative estimate of drug-likeness (QED) is 0.521. The van der Waals surface area contributed by atoms with Gasteiger partial charge in [0.15, 0.2) is 10.3 Å². The van der Waals surface area contributed by atoms with Crippen LogP contribution in [0, 0.1) is 0 Å². The molecular formula is C20H21BrCl2N4S2. The highest BCUT2D eigenvalue weighted by atomic mass is 79.9. The lowest BCUT2D eigenvalue weighted by atomic mass is 10.2. The zero-order chi connectivity index (χ0) is 20.5. The van der Waals surface area contributed by atoms with Gasteiger partial charge in [-0.2, -0.15) is 0 Å². The van der Waals surface area contributed by atoms with E-state index in [-0.39, 0.29) is 0 Å². The van der Waals surface area contributed by atoms with Gasteiger partial charge < -0.3 is 10.6 Å². The van der Waals surface area contributed by atoms with Crippen molar-refractivity contribution in [2.24, 2.45) is 9.98 Å². The van der Waals surface area contributed by atoms with Gasteiger partial charge in [-0.3, -0.25) is 9.98 Å². The molecular weight excluding hydrogens is 511 g/mol. The minimum atomic E-state index is 0.726. The highest BCUT2D eigenvalue weighted by Gasteiger charge is 2.08. The molecule has 0 bridgehead atoms. The molecule has 29 heavy (non-hydrogen) atoms. The number of hydrogen-bond donors (Lipinski definition) is 2. The van der Waals surface area contributed by atoms with E-state index < -0.39 is 0 Å². The molecule has 9 heteroatoms. The molecule has 154 valence electrons. The fourth-order valence-electron chi connectivity index (χ4n) is 2.55. The van der Waals surface area contributed by atoms with E-state index in [1.54, 1.807) is 23.5 Å². The summed E-state index contributed by atoms with van der Waals surface area (Å²) in [6.07, 6.45) is 0. The van der Waals surface area contributed by atoms with Crippen LogP contribution in [0.3, 0.4) is 0 Å². The Morgan fingerprint density at radius 3 is 2.00 bits per heavy atom. The van der Waals surface area contributed by atoms with Gasteiger partial charge in [0.2, 0.25) is 0 Å². The first-order chi connectivity index (χ1) is 14.1. The lowest BCUT2D eigenvalue weighted by Gasteiger charge is -2.07. The molecule has 2 aromatic rings. The summed E-state index contributed by atoms with van der Waals surface area (Å²) in [5.74, 6) is 2.17. The van der Waals surface area contributed by atoms with Crippen molar-refractivity contribution in [3.63, 3.8) is 0 Å². The standard InChI is InChI=1S/C10H10BrClN2S.C10H11ClN2S/c11-8-1-2-9(12)7(5-8)6-14-10-13-3-4-15-10;11-9-4-2-1-3-8(9)7-13-10-12-5-6-14-10/h1-2,5H,3-4,6H2,(H,13,14);1-4H,5-7H2,(H,12,13). The number of rotatable bonds is 4. The third kappa shape index (κ3) is 7.72. The van der Waals surface area contributed by atoms with Gasteiger partial charge >= 0.3 is 0 Å². The van der Waals surface area contributed by atoms with E-state index in [9.17, 15) is 0 Å². The third-order valence-corrected chi connectivity index (χ3v) is 7.09. The zero-order valence-electron chi connectivity index (χ0n) is 15.6. The molecule has 0 saturated carbocycles.